The van der Waals surface area contributed by atoms with E-state index in [0.717, 1.165) is 6.42 Å². The van der Waals surface area contributed by atoms with E-state index < -0.39 is 0 Å². The molecule has 0 aromatic rings. The third kappa shape index (κ3) is 0.870. The summed E-state index contributed by atoms with van der Waals surface area (Å²) in [6.07, 6.45) is 1.09. The summed E-state index contributed by atoms with van der Waals surface area (Å²) in [6, 6.07) is -0.0267. The van der Waals surface area contributed by atoms with E-state index in [1.54, 1.807) is 0 Å². The Balaban J connectivity index is 2.30. The molecule has 3 heteroatoms. The average Bonchev–Trinajstić information content (AvgIpc) is 2.41. The van der Waals surface area contributed by atoms with Gasteiger partial charge in [-0.3, -0.25) is 0 Å². The molecule has 0 aromatic carbocycles. The molecule has 66 valence electrons. The lowest BCUT2D eigenvalue weighted by Gasteiger charge is -2.35. The molecule has 0 aliphatic carbocycles. The summed E-state index contributed by atoms with van der Waals surface area (Å²) < 4.78 is 5.88. The maximum Gasteiger partial charge on any atom is 0.110 e. The maximum absolute atomic E-state index is 5.89. The Kier molecular flexibility index (Phi) is 2.00. The number of ether oxygens (including phenoxy) is 1. The maximum atomic E-state index is 5.89. The highest BCUT2D eigenvalue weighted by molar-refractivity contribution is 8.01. The van der Waals surface area contributed by atoms with Crippen LogP contribution in [0.3, 0.4) is 0 Å². The summed E-state index contributed by atoms with van der Waals surface area (Å²) in [5, 5.41) is 1.14. The lowest BCUT2D eigenvalue weighted by atomic mass is 9.82. The van der Waals surface area contributed by atoms with Crippen molar-refractivity contribution >= 4 is 19.6 Å². The fourth-order valence-corrected chi connectivity index (χ4v) is 4.51. The van der Waals surface area contributed by atoms with E-state index in [4.69, 9.17) is 12.6 Å². The van der Waals surface area contributed by atoms with Crippen LogP contribution in [0.25, 0.3) is 0 Å². The monoisotopic (exact) mass is 182 g/mol. The van der Waals surface area contributed by atoms with Crippen molar-refractivity contribution in [2.75, 3.05) is 0 Å². The molecule has 0 amide bonds. The van der Waals surface area contributed by atoms with Crippen LogP contribution >= 0.6 is 11.8 Å². The van der Waals surface area contributed by atoms with Crippen LogP contribution in [0, 0.1) is 5.92 Å². The molecule has 5 atom stereocenters. The Hall–Kier alpha value is 0.375. The normalized spacial score (nSPS) is 57.9. The van der Waals surface area contributed by atoms with Gasteiger partial charge in [0.1, 0.15) is 7.85 Å². The summed E-state index contributed by atoms with van der Waals surface area (Å²) in [5.74, 6) is 0.623. The molecule has 0 saturated carbocycles. The number of hydrogen-bond donors (Lipinski definition) is 0. The zero-order chi connectivity index (χ0) is 8.93. The highest BCUT2D eigenvalue weighted by Crippen LogP contribution is 2.56. The largest absolute Gasteiger partial charge is 0.379 e. The minimum Gasteiger partial charge on any atom is -0.379 e. The van der Waals surface area contributed by atoms with Gasteiger partial charge in [0.15, 0.2) is 0 Å². The zero-order valence-electron chi connectivity index (χ0n) is 7.91. The minimum absolute atomic E-state index is 0.0267. The van der Waals surface area contributed by atoms with Crippen molar-refractivity contribution in [3.05, 3.63) is 0 Å². The fourth-order valence-electron chi connectivity index (χ4n) is 2.70. The van der Waals surface area contributed by atoms with Gasteiger partial charge in [-0.05, 0) is 12.3 Å². The summed E-state index contributed by atoms with van der Waals surface area (Å²) in [5.41, 5.74) is 0.0781. The van der Waals surface area contributed by atoms with Crippen LogP contribution in [0.1, 0.15) is 27.2 Å². The molecule has 0 spiro atoms. The second kappa shape index (κ2) is 2.68. The SMILES string of the molecule is [B][C@@H]1O[C@]2(CC)C(C)[C@@H]1S[C@H]2C. The van der Waals surface area contributed by atoms with Crippen molar-refractivity contribution in [2.45, 2.75) is 49.3 Å². The average molecular weight is 182 g/mol. The standard InChI is InChI=1S/C9H15BOS/c1-4-9-5(2)7(8(10)11-9)12-6(9)3/h5-8H,4H2,1-3H3/t5?,6-,7-,8+,9+/m0/s1. The second-order valence-corrected chi connectivity index (χ2v) is 5.45. The smallest absolute Gasteiger partial charge is 0.110 e. The van der Waals surface area contributed by atoms with E-state index in [9.17, 15) is 0 Å². The lowest BCUT2D eigenvalue weighted by molar-refractivity contribution is -0.0332. The van der Waals surface area contributed by atoms with Gasteiger partial charge in [-0.2, -0.15) is 11.8 Å². The van der Waals surface area contributed by atoms with Crippen LogP contribution in [0.4, 0.5) is 0 Å². The number of rotatable bonds is 1. The summed E-state index contributed by atoms with van der Waals surface area (Å²) >= 11 is 2.00. The Labute approximate surface area is 80.0 Å². The van der Waals surface area contributed by atoms with Crippen LogP contribution in [0.5, 0.6) is 0 Å². The molecule has 0 aromatic heterocycles. The first kappa shape index (κ1) is 8.95. The molecule has 2 saturated heterocycles. The van der Waals surface area contributed by atoms with E-state index in [0.29, 0.717) is 16.4 Å². The van der Waals surface area contributed by atoms with Crippen LogP contribution in [0.15, 0.2) is 0 Å². The van der Waals surface area contributed by atoms with Crippen molar-refractivity contribution in [3.8, 4) is 0 Å². The molecule has 1 nitrogen and oxygen atoms in total. The van der Waals surface area contributed by atoms with Crippen molar-refractivity contribution in [1.29, 1.82) is 0 Å². The van der Waals surface area contributed by atoms with Gasteiger partial charge in [0.2, 0.25) is 0 Å². The highest BCUT2D eigenvalue weighted by atomic mass is 32.2. The Morgan fingerprint density at radius 3 is 2.50 bits per heavy atom. The topological polar surface area (TPSA) is 9.23 Å². The molecule has 2 bridgehead atoms. The van der Waals surface area contributed by atoms with Gasteiger partial charge >= 0.3 is 0 Å². The van der Waals surface area contributed by atoms with Crippen LogP contribution in [-0.2, 0) is 4.74 Å². The second-order valence-electron chi connectivity index (χ2n) is 3.92. The van der Waals surface area contributed by atoms with Crippen LogP contribution in [-0.4, -0.2) is 30.0 Å². The van der Waals surface area contributed by atoms with Crippen molar-refractivity contribution in [3.63, 3.8) is 0 Å². The molecule has 2 fully saturated rings. The molecule has 2 aliphatic heterocycles. The van der Waals surface area contributed by atoms with Gasteiger partial charge in [-0.15, -0.1) is 0 Å². The number of thioether (sulfide) groups is 1. The Morgan fingerprint density at radius 1 is 1.50 bits per heavy atom. The lowest BCUT2D eigenvalue weighted by Crippen LogP contribution is -2.41. The molecular weight excluding hydrogens is 167 g/mol. The van der Waals surface area contributed by atoms with Gasteiger partial charge in [0, 0.05) is 16.5 Å². The van der Waals surface area contributed by atoms with Crippen LogP contribution < -0.4 is 0 Å². The van der Waals surface area contributed by atoms with Gasteiger partial charge in [-0.1, -0.05) is 20.8 Å². The fraction of sp³-hybridized carbons (Fsp3) is 1.00. The first-order chi connectivity index (χ1) is 5.62. The van der Waals surface area contributed by atoms with Crippen molar-refractivity contribution in [1.82, 2.24) is 0 Å². The highest BCUT2D eigenvalue weighted by Gasteiger charge is 2.59. The van der Waals surface area contributed by atoms with E-state index >= 15 is 0 Å². The molecule has 2 aliphatic rings. The summed E-state index contributed by atoms with van der Waals surface area (Å²) in [6.45, 7) is 6.74. The third-order valence-corrected chi connectivity index (χ3v) is 5.34. The molecule has 1 unspecified atom stereocenters. The molecule has 12 heavy (non-hydrogen) atoms. The summed E-state index contributed by atoms with van der Waals surface area (Å²) in [7, 11) is 5.89. The van der Waals surface area contributed by atoms with Gasteiger partial charge in [0.25, 0.3) is 0 Å². The number of fused-ring (bicyclic) bond motifs is 2. The molecule has 2 heterocycles. The third-order valence-electron chi connectivity index (χ3n) is 3.54. The van der Waals surface area contributed by atoms with E-state index in [1.807, 2.05) is 11.8 Å². The van der Waals surface area contributed by atoms with E-state index in [-0.39, 0.29) is 11.6 Å². The van der Waals surface area contributed by atoms with Gasteiger partial charge < -0.3 is 4.74 Å². The predicted molar refractivity (Wildman–Crippen MR) is 53.7 cm³/mol. The number of hydrogen-bond acceptors (Lipinski definition) is 2. The van der Waals surface area contributed by atoms with Crippen molar-refractivity contribution < 1.29 is 4.74 Å². The molecule has 0 N–H and O–H groups in total. The van der Waals surface area contributed by atoms with Gasteiger partial charge in [0.05, 0.1) is 5.60 Å². The van der Waals surface area contributed by atoms with Crippen LogP contribution in [0.2, 0.25) is 0 Å². The zero-order valence-corrected chi connectivity index (χ0v) is 8.73. The van der Waals surface area contributed by atoms with E-state index in [2.05, 4.69) is 20.8 Å². The van der Waals surface area contributed by atoms with Gasteiger partial charge in [-0.25, -0.2) is 0 Å². The minimum atomic E-state index is -0.0267. The predicted octanol–water partition coefficient (Wildman–Crippen LogP) is 1.80. The first-order valence-corrected chi connectivity index (χ1v) is 5.65. The Morgan fingerprint density at radius 2 is 2.17 bits per heavy atom. The quantitative estimate of drug-likeness (QED) is 0.572. The summed E-state index contributed by atoms with van der Waals surface area (Å²) in [4.78, 5) is 0. The first-order valence-electron chi connectivity index (χ1n) is 4.70. The Bertz CT molecular complexity index is 199. The molecular formula is C9H15BOS. The van der Waals surface area contributed by atoms with Crippen molar-refractivity contribution in [2.24, 2.45) is 5.92 Å². The molecule has 2 radical (unpaired) electrons. The van der Waals surface area contributed by atoms with E-state index in [1.165, 1.54) is 0 Å². The molecule has 2 rings (SSSR count).